The van der Waals surface area contributed by atoms with E-state index in [0.29, 0.717) is 17.5 Å². The number of likely N-dealkylation sites (tertiary alicyclic amines) is 1. The summed E-state index contributed by atoms with van der Waals surface area (Å²) in [7, 11) is 1.66. The van der Waals surface area contributed by atoms with E-state index in [1.807, 2.05) is 24.3 Å². The number of para-hydroxylation sites is 2. The van der Waals surface area contributed by atoms with E-state index in [0.717, 1.165) is 37.2 Å². The van der Waals surface area contributed by atoms with E-state index in [2.05, 4.69) is 10.2 Å². The van der Waals surface area contributed by atoms with Crippen molar-refractivity contribution < 1.29 is 18.3 Å². The summed E-state index contributed by atoms with van der Waals surface area (Å²) in [5.74, 6) is 0.164. The van der Waals surface area contributed by atoms with Gasteiger partial charge in [-0.05, 0) is 45.0 Å². The number of nitrogens with zero attached hydrogens (tertiary/aromatic N) is 1. The first-order valence-corrected chi connectivity index (χ1v) is 9.93. The second-order valence-electron chi connectivity index (χ2n) is 7.38. The highest BCUT2D eigenvalue weighted by atomic mass is 19.1. The molecular weight excluding hydrogens is 371 g/mol. The Balaban J connectivity index is 1.58. The summed E-state index contributed by atoms with van der Waals surface area (Å²) in [4.78, 5) is 15.2. The molecule has 2 aromatic carbocycles. The number of carbonyl (C=O) groups excluding carboxylic acids is 1. The Hall–Kier alpha value is -2.86. The average molecular weight is 396 g/mol. The van der Waals surface area contributed by atoms with Crippen LogP contribution in [0.15, 0.2) is 46.9 Å². The minimum absolute atomic E-state index is 0.000907. The van der Waals surface area contributed by atoms with E-state index in [9.17, 15) is 9.18 Å². The molecule has 1 amide bonds. The molecule has 5 nitrogen and oxygen atoms in total. The maximum Gasteiger partial charge on any atom is 0.287 e. The molecule has 1 aliphatic rings. The number of hydrogen-bond acceptors (Lipinski definition) is 4. The lowest BCUT2D eigenvalue weighted by molar-refractivity contribution is 0.0910. The van der Waals surface area contributed by atoms with Crippen LogP contribution in [0.5, 0.6) is 5.75 Å². The van der Waals surface area contributed by atoms with Gasteiger partial charge in [0.05, 0.1) is 13.2 Å². The number of benzene rings is 2. The van der Waals surface area contributed by atoms with Crippen LogP contribution in [0.4, 0.5) is 4.39 Å². The average Bonchev–Trinajstić information content (AvgIpc) is 3.38. The van der Waals surface area contributed by atoms with Gasteiger partial charge in [-0.25, -0.2) is 4.39 Å². The number of ether oxygens (including phenoxy) is 1. The van der Waals surface area contributed by atoms with Gasteiger partial charge < -0.3 is 14.5 Å². The van der Waals surface area contributed by atoms with Crippen LogP contribution in [0.3, 0.4) is 0 Å². The molecule has 1 atom stereocenters. The van der Waals surface area contributed by atoms with Crippen molar-refractivity contribution in [3.8, 4) is 5.75 Å². The van der Waals surface area contributed by atoms with Gasteiger partial charge in [0.25, 0.3) is 5.91 Å². The van der Waals surface area contributed by atoms with Crippen LogP contribution in [0.2, 0.25) is 0 Å². The number of methoxy groups -OCH3 is 1. The van der Waals surface area contributed by atoms with E-state index in [-0.39, 0.29) is 23.3 Å². The summed E-state index contributed by atoms with van der Waals surface area (Å²) in [5, 5.41) is 3.62. The zero-order chi connectivity index (χ0) is 20.4. The van der Waals surface area contributed by atoms with Gasteiger partial charge >= 0.3 is 0 Å². The van der Waals surface area contributed by atoms with Crippen LogP contribution >= 0.6 is 0 Å². The van der Waals surface area contributed by atoms with Gasteiger partial charge in [-0.3, -0.25) is 9.69 Å². The van der Waals surface area contributed by atoms with Gasteiger partial charge in [-0.15, -0.1) is 0 Å². The number of carbonyl (C=O) groups is 1. The number of amides is 1. The Kier molecular flexibility index (Phi) is 5.53. The molecular formula is C23H25FN2O3. The molecule has 1 aliphatic heterocycles. The van der Waals surface area contributed by atoms with Gasteiger partial charge in [0, 0.05) is 23.1 Å². The van der Waals surface area contributed by atoms with Gasteiger partial charge in [-0.1, -0.05) is 30.3 Å². The molecule has 0 aliphatic carbocycles. The van der Waals surface area contributed by atoms with Crippen molar-refractivity contribution >= 4 is 16.9 Å². The number of furan rings is 1. The Morgan fingerprint density at radius 1 is 1.21 bits per heavy atom. The predicted octanol–water partition coefficient (Wildman–Crippen LogP) is 4.46. The van der Waals surface area contributed by atoms with Crippen LogP contribution < -0.4 is 10.1 Å². The highest BCUT2D eigenvalue weighted by molar-refractivity contribution is 5.99. The molecule has 1 N–H and O–H groups in total. The van der Waals surface area contributed by atoms with Crippen molar-refractivity contribution in [2.75, 3.05) is 26.7 Å². The van der Waals surface area contributed by atoms with Gasteiger partial charge in [-0.2, -0.15) is 0 Å². The molecule has 1 fully saturated rings. The normalized spacial score (nSPS) is 15.6. The zero-order valence-corrected chi connectivity index (χ0v) is 16.7. The van der Waals surface area contributed by atoms with Crippen molar-refractivity contribution in [3.63, 3.8) is 0 Å². The summed E-state index contributed by atoms with van der Waals surface area (Å²) < 4.78 is 25.1. The maximum atomic E-state index is 14.0. The fraction of sp³-hybridized carbons (Fsp3) is 0.348. The molecule has 1 saturated heterocycles. The largest absolute Gasteiger partial charge is 0.496 e. The fourth-order valence-corrected chi connectivity index (χ4v) is 4.13. The van der Waals surface area contributed by atoms with Crippen LogP contribution in [-0.2, 0) is 0 Å². The maximum absolute atomic E-state index is 14.0. The van der Waals surface area contributed by atoms with Gasteiger partial charge in [0.1, 0.15) is 5.75 Å². The van der Waals surface area contributed by atoms with Crippen LogP contribution in [0, 0.1) is 12.7 Å². The summed E-state index contributed by atoms with van der Waals surface area (Å²) in [6.07, 6.45) is 2.28. The highest BCUT2D eigenvalue weighted by Crippen LogP contribution is 2.32. The molecule has 29 heavy (non-hydrogen) atoms. The summed E-state index contributed by atoms with van der Waals surface area (Å²) in [5.41, 5.74) is 1.81. The van der Waals surface area contributed by atoms with Crippen molar-refractivity contribution in [1.29, 1.82) is 0 Å². The number of fused-ring (bicyclic) bond motifs is 1. The number of halogens is 1. The Labute approximate surface area is 169 Å². The minimum Gasteiger partial charge on any atom is -0.496 e. The SMILES string of the molecule is COc1ccccc1[C@@H](CNC(=O)c1oc2c(F)cccc2c1C)N1CCCC1. The molecule has 3 aromatic rings. The molecule has 0 radical (unpaired) electrons. The van der Waals surface area contributed by atoms with Gasteiger partial charge in [0.2, 0.25) is 0 Å². The monoisotopic (exact) mass is 396 g/mol. The third kappa shape index (κ3) is 3.72. The Bertz CT molecular complexity index is 1020. The number of hydrogen-bond donors (Lipinski definition) is 1. The third-order valence-electron chi connectivity index (χ3n) is 5.66. The smallest absolute Gasteiger partial charge is 0.287 e. The first-order chi connectivity index (χ1) is 14.1. The predicted molar refractivity (Wildman–Crippen MR) is 110 cm³/mol. The molecule has 0 bridgehead atoms. The first-order valence-electron chi connectivity index (χ1n) is 9.93. The topological polar surface area (TPSA) is 54.7 Å². The van der Waals surface area contributed by atoms with E-state index in [1.165, 1.54) is 6.07 Å². The Morgan fingerprint density at radius 2 is 1.97 bits per heavy atom. The zero-order valence-electron chi connectivity index (χ0n) is 16.7. The number of nitrogens with one attached hydrogen (secondary N) is 1. The minimum atomic E-state index is -0.464. The first kappa shape index (κ1) is 19.5. The van der Waals surface area contributed by atoms with Crippen molar-refractivity contribution in [1.82, 2.24) is 10.2 Å². The lowest BCUT2D eigenvalue weighted by atomic mass is 10.0. The summed E-state index contributed by atoms with van der Waals surface area (Å²) in [6, 6.07) is 12.6. The van der Waals surface area contributed by atoms with Crippen molar-refractivity contribution in [3.05, 3.63) is 65.2 Å². The van der Waals surface area contributed by atoms with E-state index in [4.69, 9.17) is 9.15 Å². The standard InChI is InChI=1S/C23H25FN2O3/c1-15-16-9-7-10-18(24)22(16)29-21(15)23(27)25-14-19(26-12-5-6-13-26)17-8-3-4-11-20(17)28-2/h3-4,7-11,19H,5-6,12-14H2,1-2H3,(H,25,27)/t19-/m1/s1. The molecule has 2 heterocycles. The van der Waals surface area contributed by atoms with E-state index in [1.54, 1.807) is 26.2 Å². The fourth-order valence-electron chi connectivity index (χ4n) is 4.13. The lowest BCUT2D eigenvalue weighted by Gasteiger charge is -2.29. The second kappa shape index (κ2) is 8.25. The number of aryl methyl sites for hydroxylation is 1. The second-order valence-corrected chi connectivity index (χ2v) is 7.38. The molecule has 1 aromatic heterocycles. The summed E-state index contributed by atoms with van der Waals surface area (Å²) >= 11 is 0. The molecule has 0 saturated carbocycles. The Morgan fingerprint density at radius 3 is 2.69 bits per heavy atom. The lowest BCUT2D eigenvalue weighted by Crippen LogP contribution is -2.37. The highest BCUT2D eigenvalue weighted by Gasteiger charge is 2.27. The van der Waals surface area contributed by atoms with Crippen LogP contribution in [0.1, 0.15) is 40.6 Å². The molecule has 0 unspecified atom stereocenters. The molecule has 0 spiro atoms. The van der Waals surface area contributed by atoms with Crippen LogP contribution in [-0.4, -0.2) is 37.6 Å². The third-order valence-corrected chi connectivity index (χ3v) is 5.66. The molecule has 152 valence electrons. The van der Waals surface area contributed by atoms with E-state index >= 15 is 0 Å². The van der Waals surface area contributed by atoms with Gasteiger partial charge in [0.15, 0.2) is 17.2 Å². The quantitative estimate of drug-likeness (QED) is 0.669. The summed E-state index contributed by atoms with van der Waals surface area (Å²) in [6.45, 7) is 4.15. The van der Waals surface area contributed by atoms with E-state index < -0.39 is 5.82 Å². The van der Waals surface area contributed by atoms with Crippen molar-refractivity contribution in [2.24, 2.45) is 0 Å². The molecule has 4 rings (SSSR count). The number of rotatable bonds is 6. The van der Waals surface area contributed by atoms with Crippen LogP contribution in [0.25, 0.3) is 11.0 Å². The molecule has 6 heteroatoms. The van der Waals surface area contributed by atoms with Crippen molar-refractivity contribution in [2.45, 2.75) is 25.8 Å².